The van der Waals surface area contributed by atoms with Crippen molar-refractivity contribution in [2.75, 3.05) is 32.0 Å². The predicted octanol–water partition coefficient (Wildman–Crippen LogP) is 16.4. The van der Waals surface area contributed by atoms with E-state index in [2.05, 4.69) is 66.2 Å². The molecule has 3 amide bonds. The molecule has 3 N–H and O–H groups in total. The van der Waals surface area contributed by atoms with Gasteiger partial charge in [0.2, 0.25) is 5.91 Å². The molecule has 9 heteroatoms. The molecule has 0 saturated heterocycles. The van der Waals surface area contributed by atoms with Crippen LogP contribution in [0.4, 0.5) is 9.59 Å². The molecule has 8 nitrogen and oxygen atoms in total. The number of amides is 3. The molecule has 3 rings (SSSR count). The van der Waals surface area contributed by atoms with Crippen LogP contribution in [0, 0.1) is 0 Å². The summed E-state index contributed by atoms with van der Waals surface area (Å²) in [6.07, 6.45) is 36.5. The average molecular weight is 971 g/mol. The van der Waals surface area contributed by atoms with Crippen molar-refractivity contribution in [1.82, 2.24) is 16.0 Å². The highest BCUT2D eigenvalue weighted by Crippen LogP contribution is 2.48. The number of alkyl carbamates (subject to hydrolysis) is 2. The number of nitrogens with one attached hydrogen (secondary N) is 3. The van der Waals surface area contributed by atoms with E-state index in [-0.39, 0.29) is 24.8 Å². The smallest absolute Gasteiger partial charge is 0.407 e. The lowest BCUT2D eigenvalue weighted by molar-refractivity contribution is -0.119. The molecular formula is C60H95N3O5S. The third-order valence-electron chi connectivity index (χ3n) is 13.3. The Morgan fingerprint density at radius 3 is 1.10 bits per heavy atom. The molecule has 0 radical (unpaired) electrons. The van der Waals surface area contributed by atoms with Gasteiger partial charge in [-0.15, -0.1) is 11.8 Å². The van der Waals surface area contributed by atoms with Crippen molar-refractivity contribution in [2.45, 2.75) is 217 Å². The summed E-state index contributed by atoms with van der Waals surface area (Å²) in [6, 6.07) is 30.8. The molecule has 0 aromatic heterocycles. The number of thioether (sulfide) groups is 1. The number of unbranched alkanes of at least 4 members (excludes halogenated alkanes) is 28. The van der Waals surface area contributed by atoms with Crippen LogP contribution in [0.25, 0.3) is 0 Å². The zero-order valence-electron chi connectivity index (χ0n) is 43.4. The van der Waals surface area contributed by atoms with Gasteiger partial charge in [-0.2, -0.15) is 0 Å². The second-order valence-corrected chi connectivity index (χ2v) is 20.4. The van der Waals surface area contributed by atoms with Crippen molar-refractivity contribution < 1.29 is 23.9 Å². The number of benzene rings is 3. The second kappa shape index (κ2) is 40.7. The van der Waals surface area contributed by atoms with Gasteiger partial charge in [-0.3, -0.25) is 4.79 Å². The predicted molar refractivity (Wildman–Crippen MR) is 292 cm³/mol. The molecule has 0 bridgehead atoms. The van der Waals surface area contributed by atoms with Crippen LogP contribution in [0.15, 0.2) is 91.0 Å². The fourth-order valence-corrected chi connectivity index (χ4v) is 10.5. The third kappa shape index (κ3) is 27.9. The first kappa shape index (κ1) is 59.3. The Kier molecular flexibility index (Phi) is 35.0. The summed E-state index contributed by atoms with van der Waals surface area (Å²) in [5, 5.41) is 8.74. The van der Waals surface area contributed by atoms with E-state index in [1.54, 1.807) is 11.8 Å². The highest BCUT2D eigenvalue weighted by Gasteiger charge is 2.37. The highest BCUT2D eigenvalue weighted by atomic mass is 32.2. The molecule has 0 heterocycles. The summed E-state index contributed by atoms with van der Waals surface area (Å²) in [5.74, 6) is -0.0752. The van der Waals surface area contributed by atoms with Gasteiger partial charge in [0.05, 0.1) is 17.0 Å². The third-order valence-corrected chi connectivity index (χ3v) is 14.8. The Balaban J connectivity index is 1.43. The lowest BCUT2D eigenvalue weighted by Gasteiger charge is -2.35. The lowest BCUT2D eigenvalue weighted by Crippen LogP contribution is -2.42. The molecule has 0 spiro atoms. The first-order valence-corrected chi connectivity index (χ1v) is 28.9. The largest absolute Gasteiger partial charge is 0.446 e. The molecule has 1 unspecified atom stereocenters. The quantitative estimate of drug-likeness (QED) is 0.0385. The molecule has 3 aromatic carbocycles. The fraction of sp³-hybridized carbons (Fsp3) is 0.650. The summed E-state index contributed by atoms with van der Waals surface area (Å²) >= 11 is 1.54. The Labute approximate surface area is 424 Å². The second-order valence-electron chi connectivity index (χ2n) is 19.3. The van der Waals surface area contributed by atoms with E-state index in [4.69, 9.17) is 9.47 Å². The minimum Gasteiger partial charge on any atom is -0.446 e. The van der Waals surface area contributed by atoms with Crippen molar-refractivity contribution in [3.8, 4) is 0 Å². The number of rotatable bonds is 43. The zero-order valence-corrected chi connectivity index (χ0v) is 44.3. The molecule has 0 aliphatic rings. The molecule has 3 aromatic rings. The number of ether oxygens (including phenoxy) is 2. The van der Waals surface area contributed by atoms with Gasteiger partial charge in [-0.05, 0) is 29.5 Å². The van der Waals surface area contributed by atoms with Gasteiger partial charge in [0.1, 0.15) is 6.61 Å². The molecular weight excluding hydrogens is 875 g/mol. The van der Waals surface area contributed by atoms with Gasteiger partial charge in [0.25, 0.3) is 0 Å². The van der Waals surface area contributed by atoms with Crippen LogP contribution in [0.3, 0.4) is 0 Å². The summed E-state index contributed by atoms with van der Waals surface area (Å²) in [6.45, 7) is 5.42. The van der Waals surface area contributed by atoms with Crippen LogP contribution in [-0.2, 0) is 19.0 Å². The van der Waals surface area contributed by atoms with Gasteiger partial charge in [-0.1, -0.05) is 285 Å². The molecule has 0 aliphatic carbocycles. The number of carbonyl (C=O) groups is 3. The lowest BCUT2D eigenvalue weighted by atomic mass is 9.84. The number of hydrogen-bond donors (Lipinski definition) is 3. The molecule has 386 valence electrons. The summed E-state index contributed by atoms with van der Waals surface area (Å²) in [4.78, 5) is 39.6. The molecule has 0 fully saturated rings. The standard InChI is InChI=1S/C60H95N3O5S/c1-3-5-7-9-11-13-15-17-19-21-23-25-27-29-40-48-61-58(65)67-51-56(68-59(66)62-49-41-30-28-26-24-22-20-18-16-14-12-10-8-6-4-2)50-63-57(64)52-69-60(53-42-34-31-35-43-53,54-44-36-32-37-45-54)55-46-38-33-39-47-55/h31-39,42-47,56H,3-30,40-41,48-52H2,1-2H3,(H,61,65)(H,62,66)(H,63,64). The van der Waals surface area contributed by atoms with E-state index in [0.717, 1.165) is 48.8 Å². The van der Waals surface area contributed by atoms with Crippen molar-refractivity contribution >= 4 is 29.9 Å². The maximum atomic E-state index is 13.7. The number of carbonyl (C=O) groups excluding carboxylic acids is 3. The van der Waals surface area contributed by atoms with Gasteiger partial charge < -0.3 is 25.4 Å². The van der Waals surface area contributed by atoms with Gasteiger partial charge in [-0.25, -0.2) is 9.59 Å². The maximum absolute atomic E-state index is 13.7. The Bertz CT molecular complexity index is 1580. The van der Waals surface area contributed by atoms with Gasteiger partial charge in [0, 0.05) is 13.1 Å². The Hall–Kier alpha value is -3.98. The fourth-order valence-electron chi connectivity index (χ4n) is 9.14. The summed E-state index contributed by atoms with van der Waals surface area (Å²) in [7, 11) is 0. The van der Waals surface area contributed by atoms with E-state index in [0.29, 0.717) is 13.1 Å². The molecule has 0 aliphatic heterocycles. The zero-order chi connectivity index (χ0) is 49.1. The minimum atomic E-state index is -0.862. The van der Waals surface area contributed by atoms with Crippen LogP contribution >= 0.6 is 11.8 Å². The van der Waals surface area contributed by atoms with Gasteiger partial charge >= 0.3 is 12.2 Å². The van der Waals surface area contributed by atoms with Crippen LogP contribution in [0.5, 0.6) is 0 Å². The SMILES string of the molecule is CCCCCCCCCCCCCCCCCNC(=O)OCC(CNC(=O)CSC(c1ccccc1)(c1ccccc1)c1ccccc1)OC(=O)NCCCCCCCCCCCCCCCCC. The van der Waals surface area contributed by atoms with Crippen LogP contribution in [-0.4, -0.2) is 56.2 Å². The van der Waals surface area contributed by atoms with E-state index in [9.17, 15) is 14.4 Å². The van der Waals surface area contributed by atoms with E-state index in [1.165, 1.54) is 161 Å². The minimum absolute atomic E-state index is 0.00705. The molecule has 1 atom stereocenters. The van der Waals surface area contributed by atoms with Gasteiger partial charge in [0.15, 0.2) is 6.10 Å². The van der Waals surface area contributed by atoms with E-state index in [1.807, 2.05) is 54.6 Å². The van der Waals surface area contributed by atoms with Crippen LogP contribution < -0.4 is 16.0 Å². The Morgan fingerprint density at radius 2 is 0.754 bits per heavy atom. The first-order chi connectivity index (χ1) is 34.0. The van der Waals surface area contributed by atoms with Crippen molar-refractivity contribution in [2.24, 2.45) is 0 Å². The molecule has 69 heavy (non-hydrogen) atoms. The summed E-state index contributed by atoms with van der Waals surface area (Å²) < 4.78 is 10.7. The summed E-state index contributed by atoms with van der Waals surface area (Å²) in [5.41, 5.74) is 3.20. The van der Waals surface area contributed by atoms with E-state index < -0.39 is 23.0 Å². The normalized spacial score (nSPS) is 11.8. The van der Waals surface area contributed by atoms with E-state index >= 15 is 0 Å². The first-order valence-electron chi connectivity index (χ1n) is 27.9. The van der Waals surface area contributed by atoms with Crippen LogP contribution in [0.1, 0.15) is 223 Å². The van der Waals surface area contributed by atoms with Crippen molar-refractivity contribution in [1.29, 1.82) is 0 Å². The number of hydrogen-bond acceptors (Lipinski definition) is 6. The van der Waals surface area contributed by atoms with Crippen molar-refractivity contribution in [3.63, 3.8) is 0 Å². The monoisotopic (exact) mass is 970 g/mol. The maximum Gasteiger partial charge on any atom is 0.407 e. The van der Waals surface area contributed by atoms with Crippen LogP contribution in [0.2, 0.25) is 0 Å². The van der Waals surface area contributed by atoms with Crippen molar-refractivity contribution in [3.05, 3.63) is 108 Å². The Morgan fingerprint density at radius 1 is 0.435 bits per heavy atom. The highest BCUT2D eigenvalue weighted by molar-refractivity contribution is 8.01. The topological polar surface area (TPSA) is 106 Å². The molecule has 0 saturated carbocycles. The average Bonchev–Trinajstić information content (AvgIpc) is 3.38.